The van der Waals surface area contributed by atoms with Crippen molar-refractivity contribution in [2.75, 3.05) is 39.3 Å². The number of hydrogen-bond donors (Lipinski definition) is 2. The Morgan fingerprint density at radius 2 is 1.94 bits per heavy atom. The molecular formula is C12H18N2O4. The molecule has 0 radical (unpaired) electrons. The van der Waals surface area contributed by atoms with Crippen molar-refractivity contribution in [3.63, 3.8) is 0 Å². The molecule has 2 heterocycles. The topological polar surface area (TPSA) is 77.2 Å². The van der Waals surface area contributed by atoms with Crippen molar-refractivity contribution in [3.8, 4) is 0 Å². The number of carboxylic acid groups (broad SMARTS) is 1. The molecule has 0 saturated carbocycles. The van der Waals surface area contributed by atoms with Crippen molar-refractivity contribution in [2.45, 2.75) is 6.54 Å². The highest BCUT2D eigenvalue weighted by Gasteiger charge is 2.20. The van der Waals surface area contributed by atoms with Gasteiger partial charge in [-0.15, -0.1) is 0 Å². The Morgan fingerprint density at radius 3 is 2.56 bits per heavy atom. The number of nitrogens with zero attached hydrogens (tertiary/aromatic N) is 2. The third kappa shape index (κ3) is 3.10. The molecule has 0 aliphatic carbocycles. The van der Waals surface area contributed by atoms with Crippen LogP contribution in [0.5, 0.6) is 0 Å². The number of β-amino-alcohol motifs (C(OH)–C–C–N with tert-alkyl or cyclic N) is 1. The maximum absolute atomic E-state index is 10.9. The van der Waals surface area contributed by atoms with E-state index in [4.69, 9.17) is 14.6 Å². The molecule has 6 nitrogen and oxygen atoms in total. The largest absolute Gasteiger partial charge is 0.475 e. The van der Waals surface area contributed by atoms with Crippen LogP contribution < -0.4 is 0 Å². The Hall–Kier alpha value is -1.37. The maximum atomic E-state index is 10.9. The zero-order chi connectivity index (χ0) is 13.0. The predicted octanol–water partition coefficient (Wildman–Crippen LogP) is 0.0877. The van der Waals surface area contributed by atoms with Crippen LogP contribution in [0.25, 0.3) is 0 Å². The number of piperazine rings is 1. The lowest BCUT2D eigenvalue weighted by atomic mass is 10.2. The summed E-state index contributed by atoms with van der Waals surface area (Å²) >= 11 is 0. The third-order valence-corrected chi connectivity index (χ3v) is 3.22. The number of carbonyl (C=O) groups is 1. The van der Waals surface area contributed by atoms with E-state index in [2.05, 4.69) is 9.80 Å². The molecule has 1 aliphatic rings. The first-order valence-corrected chi connectivity index (χ1v) is 6.06. The Bertz CT molecular complexity index is 397. The Morgan fingerprint density at radius 1 is 1.28 bits per heavy atom. The second-order valence-corrected chi connectivity index (χ2v) is 4.42. The van der Waals surface area contributed by atoms with Crippen molar-refractivity contribution in [1.82, 2.24) is 9.80 Å². The summed E-state index contributed by atoms with van der Waals surface area (Å²) in [4.78, 5) is 15.3. The van der Waals surface area contributed by atoms with Gasteiger partial charge in [-0.05, 0) is 6.07 Å². The van der Waals surface area contributed by atoms with Crippen LogP contribution in [0.1, 0.15) is 16.1 Å². The fourth-order valence-electron chi connectivity index (χ4n) is 2.20. The van der Waals surface area contributed by atoms with Gasteiger partial charge in [-0.2, -0.15) is 0 Å². The lowest BCUT2D eigenvalue weighted by Gasteiger charge is -2.34. The smallest absolute Gasteiger partial charge is 0.372 e. The molecule has 0 unspecified atom stereocenters. The molecule has 2 N–H and O–H groups in total. The van der Waals surface area contributed by atoms with E-state index in [0.29, 0.717) is 13.1 Å². The zero-order valence-electron chi connectivity index (χ0n) is 10.2. The van der Waals surface area contributed by atoms with Gasteiger partial charge in [0.05, 0.1) is 12.9 Å². The average Bonchev–Trinajstić information content (AvgIpc) is 2.80. The summed E-state index contributed by atoms with van der Waals surface area (Å²) in [5.74, 6) is -0.985. The van der Waals surface area contributed by atoms with Crippen LogP contribution >= 0.6 is 0 Å². The van der Waals surface area contributed by atoms with Crippen LogP contribution in [-0.4, -0.2) is 65.3 Å². The second-order valence-electron chi connectivity index (χ2n) is 4.42. The van der Waals surface area contributed by atoms with Gasteiger partial charge in [-0.25, -0.2) is 4.79 Å². The Labute approximate surface area is 105 Å². The van der Waals surface area contributed by atoms with E-state index in [1.54, 1.807) is 6.07 Å². The number of aromatic carboxylic acids is 1. The van der Waals surface area contributed by atoms with E-state index in [1.807, 2.05) is 0 Å². The van der Waals surface area contributed by atoms with Crippen LogP contribution in [0.4, 0.5) is 0 Å². The molecule has 1 aromatic rings. The van der Waals surface area contributed by atoms with Gasteiger partial charge in [0.25, 0.3) is 0 Å². The van der Waals surface area contributed by atoms with E-state index in [9.17, 15) is 4.79 Å². The normalized spacial score (nSPS) is 18.1. The van der Waals surface area contributed by atoms with Gasteiger partial charge in [0, 0.05) is 44.8 Å². The first kappa shape index (κ1) is 13.1. The molecule has 0 atom stereocenters. The molecule has 6 heteroatoms. The molecule has 1 saturated heterocycles. The second kappa shape index (κ2) is 5.99. The van der Waals surface area contributed by atoms with E-state index in [-0.39, 0.29) is 12.4 Å². The molecule has 100 valence electrons. The minimum Gasteiger partial charge on any atom is -0.475 e. The first-order chi connectivity index (χ1) is 8.70. The molecule has 2 rings (SSSR count). The minimum atomic E-state index is -1.02. The van der Waals surface area contributed by atoms with Gasteiger partial charge in [-0.3, -0.25) is 9.80 Å². The van der Waals surface area contributed by atoms with Crippen molar-refractivity contribution < 1.29 is 19.4 Å². The highest BCUT2D eigenvalue weighted by Crippen LogP contribution is 2.14. The van der Waals surface area contributed by atoms with E-state index in [1.165, 1.54) is 6.26 Å². The number of carboxylic acids is 1. The summed E-state index contributed by atoms with van der Waals surface area (Å²) in [5, 5.41) is 17.8. The van der Waals surface area contributed by atoms with Crippen LogP contribution in [0.15, 0.2) is 16.7 Å². The standard InChI is InChI=1S/C12H18N2O4/c15-7-6-13-2-4-14(5-3-13)9-10-1-8-18-11(10)12(16)17/h1,8,15H,2-7,9H2,(H,16,17). The molecule has 0 bridgehead atoms. The SMILES string of the molecule is O=C(O)c1occc1CN1CCN(CCO)CC1. The van der Waals surface area contributed by atoms with E-state index >= 15 is 0 Å². The van der Waals surface area contributed by atoms with Crippen LogP contribution in [0.3, 0.4) is 0 Å². The molecule has 18 heavy (non-hydrogen) atoms. The number of aliphatic hydroxyl groups excluding tert-OH is 1. The quantitative estimate of drug-likeness (QED) is 0.775. The molecule has 0 amide bonds. The number of aliphatic hydroxyl groups is 1. The van der Waals surface area contributed by atoms with Gasteiger partial charge in [0.1, 0.15) is 0 Å². The molecule has 1 aromatic heterocycles. The van der Waals surface area contributed by atoms with Gasteiger partial charge >= 0.3 is 5.97 Å². The predicted molar refractivity (Wildman–Crippen MR) is 64.5 cm³/mol. The lowest BCUT2D eigenvalue weighted by molar-refractivity contribution is 0.0656. The molecule has 1 aliphatic heterocycles. The van der Waals surface area contributed by atoms with Gasteiger partial charge in [0.15, 0.2) is 0 Å². The summed E-state index contributed by atoms with van der Waals surface area (Å²) in [5.41, 5.74) is 0.720. The summed E-state index contributed by atoms with van der Waals surface area (Å²) < 4.78 is 4.96. The fourth-order valence-corrected chi connectivity index (χ4v) is 2.20. The summed E-state index contributed by atoms with van der Waals surface area (Å²) in [7, 11) is 0. The van der Waals surface area contributed by atoms with Gasteiger partial charge in [-0.1, -0.05) is 0 Å². The minimum absolute atomic E-state index is 0.0350. The van der Waals surface area contributed by atoms with Crippen molar-refractivity contribution in [1.29, 1.82) is 0 Å². The first-order valence-electron chi connectivity index (χ1n) is 6.06. The molecular weight excluding hydrogens is 236 g/mol. The van der Waals surface area contributed by atoms with E-state index < -0.39 is 5.97 Å². The average molecular weight is 254 g/mol. The Balaban J connectivity index is 1.88. The third-order valence-electron chi connectivity index (χ3n) is 3.22. The molecule has 0 aromatic carbocycles. The van der Waals surface area contributed by atoms with Crippen LogP contribution in [0.2, 0.25) is 0 Å². The van der Waals surface area contributed by atoms with Crippen molar-refractivity contribution >= 4 is 5.97 Å². The number of rotatable bonds is 5. The molecule has 1 fully saturated rings. The lowest BCUT2D eigenvalue weighted by Crippen LogP contribution is -2.46. The Kier molecular flexibility index (Phi) is 4.35. The zero-order valence-corrected chi connectivity index (χ0v) is 10.2. The summed E-state index contributed by atoms with van der Waals surface area (Å²) in [6, 6.07) is 1.71. The highest BCUT2D eigenvalue weighted by atomic mass is 16.4. The highest BCUT2D eigenvalue weighted by molar-refractivity contribution is 5.86. The molecule has 0 spiro atoms. The number of hydrogen-bond acceptors (Lipinski definition) is 5. The van der Waals surface area contributed by atoms with Gasteiger partial charge < -0.3 is 14.6 Å². The van der Waals surface area contributed by atoms with Crippen molar-refractivity contribution in [2.24, 2.45) is 0 Å². The number of furan rings is 1. The monoisotopic (exact) mass is 254 g/mol. The summed E-state index contributed by atoms with van der Waals surface area (Å²) in [6.07, 6.45) is 1.42. The van der Waals surface area contributed by atoms with E-state index in [0.717, 1.165) is 31.7 Å². The summed E-state index contributed by atoms with van der Waals surface area (Å²) in [6.45, 7) is 5.06. The fraction of sp³-hybridized carbons (Fsp3) is 0.583. The van der Waals surface area contributed by atoms with Crippen LogP contribution in [0, 0.1) is 0 Å². The van der Waals surface area contributed by atoms with Gasteiger partial charge in [0.2, 0.25) is 5.76 Å². The van der Waals surface area contributed by atoms with Crippen LogP contribution in [-0.2, 0) is 6.54 Å². The van der Waals surface area contributed by atoms with Crippen molar-refractivity contribution in [3.05, 3.63) is 23.7 Å². The maximum Gasteiger partial charge on any atom is 0.372 e.